The molecule has 0 bridgehead atoms. The van der Waals surface area contributed by atoms with Crippen molar-refractivity contribution in [3.05, 3.63) is 70.8 Å². The molecule has 0 spiro atoms. The van der Waals surface area contributed by atoms with Crippen LogP contribution in [0.2, 0.25) is 0 Å². The van der Waals surface area contributed by atoms with E-state index in [2.05, 4.69) is 15.4 Å². The largest absolute Gasteiger partial charge is 0.465 e. The summed E-state index contributed by atoms with van der Waals surface area (Å²) in [5.41, 5.74) is -0.535. The fourth-order valence-electron chi connectivity index (χ4n) is 3.12. The minimum absolute atomic E-state index is 0.0540. The van der Waals surface area contributed by atoms with Crippen molar-refractivity contribution in [3.63, 3.8) is 0 Å². The summed E-state index contributed by atoms with van der Waals surface area (Å²) in [4.78, 5) is 49.4. The molecule has 0 aliphatic carbocycles. The highest BCUT2D eigenvalue weighted by atomic mass is 19.2. The van der Waals surface area contributed by atoms with Gasteiger partial charge >= 0.3 is 12.0 Å². The highest BCUT2D eigenvalue weighted by Gasteiger charge is 2.49. The summed E-state index contributed by atoms with van der Waals surface area (Å²) in [5, 5.41) is 4.99. The molecule has 4 amide bonds. The molecule has 162 valence electrons. The fraction of sp³-hybridized carbons (Fsp3) is 0.238. The van der Waals surface area contributed by atoms with Crippen molar-refractivity contribution in [2.24, 2.45) is 0 Å². The molecule has 0 radical (unpaired) electrons. The molecule has 2 aromatic carbocycles. The minimum atomic E-state index is -1.63. The van der Waals surface area contributed by atoms with Crippen LogP contribution in [0.25, 0.3) is 0 Å². The van der Waals surface area contributed by atoms with Crippen LogP contribution in [0.4, 0.5) is 13.6 Å². The topological polar surface area (TPSA) is 105 Å². The zero-order chi connectivity index (χ0) is 22.8. The molecule has 1 unspecified atom stereocenters. The number of hydrogen-bond donors (Lipinski definition) is 2. The number of halogens is 2. The third kappa shape index (κ3) is 4.37. The van der Waals surface area contributed by atoms with Crippen molar-refractivity contribution in [2.75, 3.05) is 13.7 Å². The third-order valence-corrected chi connectivity index (χ3v) is 4.94. The minimum Gasteiger partial charge on any atom is -0.465 e. The molecule has 1 saturated heterocycles. The number of rotatable bonds is 6. The lowest BCUT2D eigenvalue weighted by Crippen LogP contribution is -2.43. The van der Waals surface area contributed by atoms with Gasteiger partial charge in [-0.15, -0.1) is 0 Å². The number of carbonyl (C=O) groups is 4. The molecule has 1 aliphatic heterocycles. The molecule has 1 fully saturated rings. The van der Waals surface area contributed by atoms with Crippen LogP contribution in [-0.4, -0.2) is 42.4 Å². The number of urea groups is 1. The van der Waals surface area contributed by atoms with Crippen LogP contribution in [0.5, 0.6) is 0 Å². The number of benzene rings is 2. The zero-order valence-electron chi connectivity index (χ0n) is 16.7. The lowest BCUT2D eigenvalue weighted by molar-refractivity contribution is -0.134. The van der Waals surface area contributed by atoms with Gasteiger partial charge in [0.15, 0.2) is 11.6 Å². The summed E-state index contributed by atoms with van der Waals surface area (Å²) < 4.78 is 31.4. The fourth-order valence-corrected chi connectivity index (χ4v) is 3.12. The van der Waals surface area contributed by atoms with Crippen molar-refractivity contribution in [3.8, 4) is 0 Å². The van der Waals surface area contributed by atoms with Crippen molar-refractivity contribution < 1.29 is 32.7 Å². The Kier molecular flexibility index (Phi) is 6.00. The van der Waals surface area contributed by atoms with Crippen LogP contribution < -0.4 is 10.6 Å². The second-order valence-electron chi connectivity index (χ2n) is 7.04. The van der Waals surface area contributed by atoms with Gasteiger partial charge in [-0.25, -0.2) is 18.4 Å². The van der Waals surface area contributed by atoms with Crippen LogP contribution >= 0.6 is 0 Å². The smallest absolute Gasteiger partial charge is 0.337 e. The molecule has 3 rings (SSSR count). The van der Waals surface area contributed by atoms with Crippen molar-refractivity contribution in [2.45, 2.75) is 19.0 Å². The number of nitrogens with zero attached hydrogens (tertiary/aromatic N) is 1. The molecule has 1 atom stereocenters. The van der Waals surface area contributed by atoms with Gasteiger partial charge in [-0.05, 0) is 42.3 Å². The molecule has 8 nitrogen and oxygen atoms in total. The van der Waals surface area contributed by atoms with Gasteiger partial charge in [0.25, 0.3) is 5.91 Å². The van der Waals surface area contributed by atoms with E-state index in [1.807, 2.05) is 0 Å². The van der Waals surface area contributed by atoms with Crippen LogP contribution in [0.15, 0.2) is 42.5 Å². The number of amides is 4. The molecule has 31 heavy (non-hydrogen) atoms. The summed E-state index contributed by atoms with van der Waals surface area (Å²) in [7, 11) is 1.27. The van der Waals surface area contributed by atoms with Crippen molar-refractivity contribution in [1.29, 1.82) is 0 Å². The second kappa shape index (κ2) is 8.50. The Morgan fingerprint density at radius 3 is 2.39 bits per heavy atom. The molecule has 10 heteroatoms. The van der Waals surface area contributed by atoms with Crippen molar-refractivity contribution >= 4 is 23.8 Å². The van der Waals surface area contributed by atoms with Gasteiger partial charge in [0.1, 0.15) is 12.1 Å². The Labute approximate surface area is 176 Å². The number of carbonyl (C=O) groups excluding carboxylic acids is 4. The average Bonchev–Trinajstić information content (AvgIpc) is 2.97. The van der Waals surface area contributed by atoms with Gasteiger partial charge < -0.3 is 15.4 Å². The van der Waals surface area contributed by atoms with Gasteiger partial charge in [0.2, 0.25) is 5.91 Å². The van der Waals surface area contributed by atoms with Crippen LogP contribution in [-0.2, 0) is 26.4 Å². The molecule has 0 saturated carbocycles. The van der Waals surface area contributed by atoms with Gasteiger partial charge in [0, 0.05) is 6.54 Å². The van der Waals surface area contributed by atoms with Gasteiger partial charge in [-0.2, -0.15) is 0 Å². The predicted molar refractivity (Wildman–Crippen MR) is 104 cm³/mol. The maximum Gasteiger partial charge on any atom is 0.337 e. The van der Waals surface area contributed by atoms with E-state index in [-0.39, 0.29) is 12.1 Å². The Balaban J connectivity index is 1.63. The van der Waals surface area contributed by atoms with E-state index in [4.69, 9.17) is 0 Å². The Morgan fingerprint density at radius 2 is 1.77 bits per heavy atom. The first-order valence-corrected chi connectivity index (χ1v) is 9.19. The molecule has 2 aromatic rings. The number of nitrogens with one attached hydrogen (secondary N) is 2. The molecular formula is C21H19F2N3O5. The van der Waals surface area contributed by atoms with Gasteiger partial charge in [-0.3, -0.25) is 14.5 Å². The lowest BCUT2D eigenvalue weighted by Gasteiger charge is -2.22. The average molecular weight is 431 g/mol. The van der Waals surface area contributed by atoms with E-state index in [0.29, 0.717) is 16.0 Å². The first-order chi connectivity index (χ1) is 14.7. The first-order valence-electron chi connectivity index (χ1n) is 9.19. The Hall–Kier alpha value is -3.82. The molecule has 2 N–H and O–H groups in total. The Morgan fingerprint density at radius 1 is 1.10 bits per heavy atom. The summed E-state index contributed by atoms with van der Waals surface area (Å²) in [6.07, 6.45) is 0. The lowest BCUT2D eigenvalue weighted by atomic mass is 9.92. The third-order valence-electron chi connectivity index (χ3n) is 4.94. The molecule has 1 heterocycles. The van der Waals surface area contributed by atoms with E-state index < -0.39 is 47.5 Å². The number of ether oxygens (including phenoxy) is 1. The highest BCUT2D eigenvalue weighted by Crippen LogP contribution is 2.29. The van der Waals surface area contributed by atoms with Gasteiger partial charge in [0.05, 0.1) is 12.7 Å². The standard InChI is InChI=1S/C21H19F2N3O5/c1-21(14-7-8-15(22)16(23)9-14)19(29)26(20(30)25-21)11-17(27)24-10-12-3-5-13(6-4-12)18(28)31-2/h3-9H,10-11H2,1-2H3,(H,24,27)(H,25,30). The number of imide groups is 1. The SMILES string of the molecule is COC(=O)c1ccc(CNC(=O)CN2C(=O)NC(C)(c3ccc(F)c(F)c3)C2=O)cc1. The molecule has 0 aromatic heterocycles. The summed E-state index contributed by atoms with van der Waals surface area (Å²) >= 11 is 0. The Bertz CT molecular complexity index is 1060. The van der Waals surface area contributed by atoms with Crippen molar-refractivity contribution in [1.82, 2.24) is 15.5 Å². The monoisotopic (exact) mass is 431 g/mol. The van der Waals surface area contributed by atoms with Crippen LogP contribution in [0.1, 0.15) is 28.4 Å². The van der Waals surface area contributed by atoms with E-state index in [1.54, 1.807) is 12.1 Å². The normalized spacial score (nSPS) is 18.0. The maximum absolute atomic E-state index is 13.6. The summed E-state index contributed by atoms with van der Waals surface area (Å²) in [6, 6.07) is 8.38. The number of methoxy groups -OCH3 is 1. The van der Waals surface area contributed by atoms with Crippen LogP contribution in [0, 0.1) is 11.6 Å². The number of hydrogen-bond acceptors (Lipinski definition) is 5. The first kappa shape index (κ1) is 21.9. The van der Waals surface area contributed by atoms with Crippen LogP contribution in [0.3, 0.4) is 0 Å². The van der Waals surface area contributed by atoms with E-state index >= 15 is 0 Å². The maximum atomic E-state index is 13.6. The summed E-state index contributed by atoms with van der Waals surface area (Å²) in [6.45, 7) is 0.898. The zero-order valence-corrected chi connectivity index (χ0v) is 16.7. The predicted octanol–water partition coefficient (Wildman–Crippen LogP) is 1.83. The van der Waals surface area contributed by atoms with E-state index in [9.17, 15) is 28.0 Å². The van der Waals surface area contributed by atoms with E-state index in [1.165, 1.54) is 32.2 Å². The molecular weight excluding hydrogens is 412 g/mol. The number of esters is 1. The summed E-state index contributed by atoms with van der Waals surface area (Å²) in [5.74, 6) is -4.09. The second-order valence-corrected chi connectivity index (χ2v) is 7.04. The highest BCUT2D eigenvalue weighted by molar-refractivity contribution is 6.09. The van der Waals surface area contributed by atoms with Gasteiger partial charge in [-0.1, -0.05) is 18.2 Å². The molecule has 1 aliphatic rings. The quantitative estimate of drug-likeness (QED) is 0.537. The van der Waals surface area contributed by atoms with E-state index in [0.717, 1.165) is 12.1 Å².